The second-order valence-electron chi connectivity index (χ2n) is 5.42. The number of aliphatic carboxylic acids is 1. The monoisotopic (exact) mass is 317 g/mol. The Morgan fingerprint density at radius 3 is 2.43 bits per heavy atom. The normalized spacial score (nSPS) is 12.3. The van der Waals surface area contributed by atoms with Crippen LogP contribution in [-0.4, -0.2) is 38.9 Å². The molecule has 1 atom stereocenters. The second kappa shape index (κ2) is 6.75. The molecule has 1 aromatic heterocycles. The third-order valence-corrected chi connectivity index (χ3v) is 3.99. The van der Waals surface area contributed by atoms with Crippen LogP contribution in [0.25, 0.3) is 10.9 Å². The fourth-order valence-corrected chi connectivity index (χ4v) is 2.86. The van der Waals surface area contributed by atoms with E-state index in [4.69, 9.17) is 5.11 Å². The first kappa shape index (κ1) is 16.9. The maximum absolute atomic E-state index is 12.8. The van der Waals surface area contributed by atoms with Crippen LogP contribution in [0.1, 0.15) is 29.4 Å². The first-order valence-corrected chi connectivity index (χ1v) is 7.42. The van der Waals surface area contributed by atoms with Crippen LogP contribution in [-0.2, 0) is 23.1 Å². The highest BCUT2D eigenvalue weighted by molar-refractivity contribution is 6.39. The van der Waals surface area contributed by atoms with E-state index in [0.717, 1.165) is 17.6 Å². The van der Waals surface area contributed by atoms with Crippen molar-refractivity contribution >= 4 is 28.4 Å². The average Bonchev–Trinajstić information content (AvgIpc) is 2.81. The summed E-state index contributed by atoms with van der Waals surface area (Å²) < 4.78 is 1.88. The SMILES string of the molecule is CCCc1c(C(=O)C(CO)C(=O)C(=O)O)c2ccccc2n1C. The number of para-hydroxylation sites is 1. The average molecular weight is 317 g/mol. The van der Waals surface area contributed by atoms with Crippen molar-refractivity contribution in [1.82, 2.24) is 4.57 Å². The number of hydrogen-bond donors (Lipinski definition) is 2. The van der Waals surface area contributed by atoms with Crippen LogP contribution in [0.5, 0.6) is 0 Å². The first-order chi connectivity index (χ1) is 10.9. The van der Waals surface area contributed by atoms with Gasteiger partial charge in [0.2, 0.25) is 0 Å². The molecule has 0 fully saturated rings. The van der Waals surface area contributed by atoms with Crippen molar-refractivity contribution < 1.29 is 24.6 Å². The summed E-state index contributed by atoms with van der Waals surface area (Å²) in [4.78, 5) is 35.4. The summed E-state index contributed by atoms with van der Waals surface area (Å²) in [6.07, 6.45) is 1.41. The Hall–Kier alpha value is -2.47. The van der Waals surface area contributed by atoms with Gasteiger partial charge in [-0.05, 0) is 12.5 Å². The van der Waals surface area contributed by atoms with Crippen molar-refractivity contribution in [3.63, 3.8) is 0 Å². The zero-order valence-electron chi connectivity index (χ0n) is 13.1. The maximum atomic E-state index is 12.8. The molecule has 0 radical (unpaired) electrons. The van der Waals surface area contributed by atoms with Crippen LogP contribution in [0.4, 0.5) is 0 Å². The Kier molecular flexibility index (Phi) is 4.95. The molecule has 6 nitrogen and oxygen atoms in total. The van der Waals surface area contributed by atoms with Crippen LogP contribution < -0.4 is 0 Å². The lowest BCUT2D eigenvalue weighted by molar-refractivity contribution is -0.150. The van der Waals surface area contributed by atoms with E-state index in [1.807, 2.05) is 30.7 Å². The summed E-state index contributed by atoms with van der Waals surface area (Å²) in [5.74, 6) is -5.21. The fourth-order valence-electron chi connectivity index (χ4n) is 2.86. The van der Waals surface area contributed by atoms with Crippen molar-refractivity contribution in [2.75, 3.05) is 6.61 Å². The summed E-state index contributed by atoms with van der Waals surface area (Å²) in [5, 5.41) is 18.9. The number of nitrogens with zero attached hydrogens (tertiary/aromatic N) is 1. The summed E-state index contributed by atoms with van der Waals surface area (Å²) in [6, 6.07) is 7.25. The number of carboxylic acids is 1. The maximum Gasteiger partial charge on any atom is 0.373 e. The number of Topliss-reactive ketones (excluding diaryl/α,β-unsaturated/α-hetero) is 2. The standard InChI is InChI=1S/C17H19NO5/c1-3-6-13-14(10-7-4-5-8-12(10)18(13)2)15(20)11(9-19)16(21)17(22)23/h4-5,7-8,11,19H,3,6,9H2,1-2H3,(H,22,23). The van der Waals surface area contributed by atoms with Gasteiger partial charge >= 0.3 is 5.97 Å². The highest BCUT2D eigenvalue weighted by Crippen LogP contribution is 2.29. The predicted molar refractivity (Wildman–Crippen MR) is 84.5 cm³/mol. The molecule has 0 aliphatic carbocycles. The number of hydrogen-bond acceptors (Lipinski definition) is 4. The van der Waals surface area contributed by atoms with Gasteiger partial charge < -0.3 is 14.8 Å². The number of rotatable bonds is 7. The van der Waals surface area contributed by atoms with Crippen molar-refractivity contribution in [2.45, 2.75) is 19.8 Å². The number of benzene rings is 1. The number of aliphatic hydroxyl groups is 1. The Bertz CT molecular complexity index is 775. The molecule has 6 heteroatoms. The van der Waals surface area contributed by atoms with Crippen LogP contribution in [0.2, 0.25) is 0 Å². The van der Waals surface area contributed by atoms with Gasteiger partial charge in [-0.3, -0.25) is 9.59 Å². The molecule has 1 aromatic carbocycles. The number of carbonyl (C=O) groups excluding carboxylic acids is 2. The third-order valence-electron chi connectivity index (χ3n) is 3.99. The quantitative estimate of drug-likeness (QED) is 0.459. The smallest absolute Gasteiger partial charge is 0.373 e. The number of carbonyl (C=O) groups is 3. The lowest BCUT2D eigenvalue weighted by Crippen LogP contribution is -2.33. The molecule has 2 aromatic rings. The summed E-state index contributed by atoms with van der Waals surface area (Å²) in [7, 11) is 1.83. The zero-order chi connectivity index (χ0) is 17.1. The number of aromatic nitrogens is 1. The van der Waals surface area contributed by atoms with Crippen LogP contribution in [0.15, 0.2) is 24.3 Å². The highest BCUT2D eigenvalue weighted by Gasteiger charge is 2.34. The molecule has 0 aliphatic heterocycles. The van der Waals surface area contributed by atoms with E-state index in [9.17, 15) is 19.5 Å². The first-order valence-electron chi connectivity index (χ1n) is 7.42. The Morgan fingerprint density at radius 2 is 1.87 bits per heavy atom. The van der Waals surface area contributed by atoms with Gasteiger partial charge in [0, 0.05) is 29.2 Å². The molecule has 0 spiro atoms. The van der Waals surface area contributed by atoms with E-state index in [1.165, 1.54) is 0 Å². The molecule has 1 heterocycles. The molecule has 2 N–H and O–H groups in total. The van der Waals surface area contributed by atoms with E-state index < -0.39 is 30.1 Å². The largest absolute Gasteiger partial charge is 0.475 e. The number of fused-ring (bicyclic) bond motifs is 1. The summed E-state index contributed by atoms with van der Waals surface area (Å²) in [6.45, 7) is 1.15. The zero-order valence-corrected chi connectivity index (χ0v) is 13.1. The summed E-state index contributed by atoms with van der Waals surface area (Å²) in [5.41, 5.74) is 1.91. The number of ketones is 2. The van der Waals surface area contributed by atoms with Gasteiger partial charge in [-0.25, -0.2) is 4.79 Å². The van der Waals surface area contributed by atoms with E-state index in [-0.39, 0.29) is 0 Å². The minimum Gasteiger partial charge on any atom is -0.475 e. The van der Waals surface area contributed by atoms with Crippen molar-refractivity contribution in [3.05, 3.63) is 35.5 Å². The highest BCUT2D eigenvalue weighted by atomic mass is 16.4. The Morgan fingerprint density at radius 1 is 1.22 bits per heavy atom. The van der Waals surface area contributed by atoms with E-state index in [1.54, 1.807) is 12.1 Å². The van der Waals surface area contributed by atoms with Crippen LogP contribution in [0.3, 0.4) is 0 Å². The number of aryl methyl sites for hydroxylation is 1. The lowest BCUT2D eigenvalue weighted by atomic mass is 9.91. The molecule has 0 aliphatic rings. The molecule has 2 rings (SSSR count). The fraction of sp³-hybridized carbons (Fsp3) is 0.353. The van der Waals surface area contributed by atoms with Gasteiger partial charge in [-0.15, -0.1) is 0 Å². The third kappa shape index (κ3) is 2.90. The Labute approximate surface area is 133 Å². The number of aliphatic hydroxyl groups excluding tert-OH is 1. The second-order valence-corrected chi connectivity index (χ2v) is 5.42. The van der Waals surface area contributed by atoms with Crippen molar-refractivity contribution in [2.24, 2.45) is 13.0 Å². The predicted octanol–water partition coefficient (Wildman–Crippen LogP) is 1.58. The lowest BCUT2D eigenvalue weighted by Gasteiger charge is -2.11. The topological polar surface area (TPSA) is 96.6 Å². The molecule has 122 valence electrons. The summed E-state index contributed by atoms with van der Waals surface area (Å²) >= 11 is 0. The minimum atomic E-state index is -1.71. The molecule has 0 amide bonds. The van der Waals surface area contributed by atoms with Gasteiger partial charge in [0.1, 0.15) is 5.92 Å². The van der Waals surface area contributed by atoms with Gasteiger partial charge in [0.15, 0.2) is 5.78 Å². The molecule has 1 unspecified atom stereocenters. The molecule has 23 heavy (non-hydrogen) atoms. The van der Waals surface area contributed by atoms with Gasteiger partial charge in [-0.1, -0.05) is 31.5 Å². The van der Waals surface area contributed by atoms with Crippen molar-refractivity contribution in [3.8, 4) is 0 Å². The van der Waals surface area contributed by atoms with Crippen LogP contribution in [0, 0.1) is 5.92 Å². The molecule has 0 saturated heterocycles. The number of carboxylic acid groups (broad SMARTS) is 1. The van der Waals surface area contributed by atoms with E-state index >= 15 is 0 Å². The minimum absolute atomic E-state index is 0.332. The van der Waals surface area contributed by atoms with E-state index in [2.05, 4.69) is 0 Å². The molecule has 0 bridgehead atoms. The van der Waals surface area contributed by atoms with Crippen molar-refractivity contribution in [1.29, 1.82) is 0 Å². The van der Waals surface area contributed by atoms with Gasteiger partial charge in [-0.2, -0.15) is 0 Å². The molecule has 0 saturated carbocycles. The van der Waals surface area contributed by atoms with E-state index in [0.29, 0.717) is 17.4 Å². The Balaban J connectivity index is 2.65. The van der Waals surface area contributed by atoms with Crippen LogP contribution >= 0.6 is 0 Å². The molecular formula is C17H19NO5. The molecular weight excluding hydrogens is 298 g/mol. The van der Waals surface area contributed by atoms with Gasteiger partial charge in [0.05, 0.1) is 6.61 Å². The van der Waals surface area contributed by atoms with Gasteiger partial charge in [0.25, 0.3) is 5.78 Å².